The molecule has 0 radical (unpaired) electrons. The summed E-state index contributed by atoms with van der Waals surface area (Å²) in [7, 11) is 1.97. The van der Waals surface area contributed by atoms with E-state index in [4.69, 9.17) is 5.14 Å². The number of aryl methyl sites for hydroxylation is 1. The van der Waals surface area contributed by atoms with Crippen LogP contribution in [-0.2, 0) is 10.0 Å². The third-order valence-electron chi connectivity index (χ3n) is 5.77. The molecule has 0 saturated heterocycles. The van der Waals surface area contributed by atoms with Gasteiger partial charge in [-0.05, 0) is 83.8 Å². The summed E-state index contributed by atoms with van der Waals surface area (Å²) in [6, 6.07) is 17.1. The lowest BCUT2D eigenvalue weighted by Crippen LogP contribution is -2.37. The van der Waals surface area contributed by atoms with Gasteiger partial charge in [-0.1, -0.05) is 53.8 Å². The van der Waals surface area contributed by atoms with E-state index in [1.807, 2.05) is 75.7 Å². The average molecular weight is 544 g/mol. The second-order valence-electron chi connectivity index (χ2n) is 9.21. The van der Waals surface area contributed by atoms with Gasteiger partial charge in [-0.15, -0.1) is 0 Å². The number of amides is 2. The van der Waals surface area contributed by atoms with Gasteiger partial charge in [0, 0.05) is 12.2 Å². The van der Waals surface area contributed by atoms with Crippen LogP contribution in [0, 0.1) is 6.92 Å². The maximum atomic E-state index is 13.3. The Balaban J connectivity index is 1.72. The molecule has 0 aliphatic carbocycles. The molecule has 2 amide bonds. The molecule has 11 heteroatoms. The topological polar surface area (TPSA) is 110 Å². The predicted molar refractivity (Wildman–Crippen MR) is 152 cm³/mol. The number of thiazole rings is 1. The van der Waals surface area contributed by atoms with Crippen molar-refractivity contribution in [3.05, 3.63) is 65.4 Å². The number of anilines is 2. The number of aromatic nitrogens is 1. The molecule has 0 saturated carbocycles. The number of rotatable bonds is 12. The van der Waals surface area contributed by atoms with Crippen molar-refractivity contribution in [1.82, 2.24) is 14.8 Å². The van der Waals surface area contributed by atoms with Gasteiger partial charge in [0.05, 0.1) is 5.69 Å². The van der Waals surface area contributed by atoms with Crippen molar-refractivity contribution < 1.29 is 13.2 Å². The van der Waals surface area contributed by atoms with Crippen LogP contribution in [0.2, 0.25) is 0 Å². The number of urea groups is 1. The van der Waals surface area contributed by atoms with Crippen molar-refractivity contribution in [2.24, 2.45) is 0 Å². The molecule has 0 aliphatic heterocycles. The van der Waals surface area contributed by atoms with Crippen molar-refractivity contribution in [1.29, 1.82) is 0 Å². The number of hydrogen-bond donors (Lipinski definition) is 1. The molecule has 1 heterocycles. The number of nitrogens with zero attached hydrogens (tertiary/aromatic N) is 4. The molecule has 0 aliphatic rings. The smallest absolute Gasteiger partial charge is 0.328 e. The largest absolute Gasteiger partial charge is 0.559 e. The Labute approximate surface area is 224 Å². The number of carbonyl (C=O) groups is 1. The van der Waals surface area contributed by atoms with Gasteiger partial charge in [0.1, 0.15) is 14.2 Å². The van der Waals surface area contributed by atoms with Gasteiger partial charge in [-0.25, -0.2) is 18.2 Å². The van der Waals surface area contributed by atoms with Crippen molar-refractivity contribution in [3.63, 3.8) is 0 Å². The SMILES string of the molecule is Cc1nc(N(CCCN(C)CCCN(C)C)C(=O)Nc2ccc(-c3ccccc3)cc2)sc1S([NH-])(=O)=O. The standard InChI is InChI=1S/C26H36N6O3S2/c1-20-24(37(27,34)35)36-26(28-20)32(19-9-18-31(4)17-8-16-30(2)3)25(33)29-23-14-12-22(13-15-23)21-10-6-5-7-11-21/h5-7,10-15H,8-9,16-19H2,1-4H3,(H3,27,29,33,34,35)/p-1. The van der Waals surface area contributed by atoms with Crippen LogP contribution in [0.4, 0.5) is 15.6 Å². The van der Waals surface area contributed by atoms with Crippen molar-refractivity contribution in [2.75, 3.05) is 57.5 Å². The highest BCUT2D eigenvalue weighted by Crippen LogP contribution is 2.31. The zero-order valence-electron chi connectivity index (χ0n) is 21.8. The first-order valence-electron chi connectivity index (χ1n) is 12.1. The minimum atomic E-state index is -4.18. The van der Waals surface area contributed by atoms with E-state index in [0.717, 1.165) is 48.5 Å². The highest BCUT2D eigenvalue weighted by Gasteiger charge is 2.23. The Hall–Kier alpha value is -2.83. The first-order chi connectivity index (χ1) is 17.5. The van der Waals surface area contributed by atoms with Gasteiger partial charge >= 0.3 is 6.03 Å². The van der Waals surface area contributed by atoms with Gasteiger partial charge in [0.15, 0.2) is 5.13 Å². The molecular weight excluding hydrogens is 508 g/mol. The van der Waals surface area contributed by atoms with Crippen molar-refractivity contribution in [3.8, 4) is 11.1 Å². The number of sulfonamides is 1. The first kappa shape index (κ1) is 28.7. The van der Waals surface area contributed by atoms with Crippen LogP contribution in [-0.4, -0.2) is 76.6 Å². The van der Waals surface area contributed by atoms with Crippen LogP contribution >= 0.6 is 11.3 Å². The highest BCUT2D eigenvalue weighted by atomic mass is 32.2. The van der Waals surface area contributed by atoms with Crippen LogP contribution < -0.4 is 10.2 Å². The highest BCUT2D eigenvalue weighted by molar-refractivity contribution is 7.95. The number of hydrogen-bond acceptors (Lipinski definition) is 7. The maximum absolute atomic E-state index is 13.3. The first-order valence-corrected chi connectivity index (χ1v) is 14.4. The summed E-state index contributed by atoms with van der Waals surface area (Å²) in [6.45, 7) is 4.62. The molecule has 200 valence electrons. The Bertz CT molecular complexity index is 1260. The number of nitrogens with one attached hydrogen (secondary N) is 2. The zero-order chi connectivity index (χ0) is 27.0. The number of carbonyl (C=O) groups excluding carboxylic acids is 1. The van der Waals surface area contributed by atoms with Gasteiger partial charge in [-0.2, -0.15) is 0 Å². The fourth-order valence-electron chi connectivity index (χ4n) is 3.85. The summed E-state index contributed by atoms with van der Waals surface area (Å²) >= 11 is 0.848. The average Bonchev–Trinajstić information content (AvgIpc) is 3.24. The molecule has 2 aromatic carbocycles. The molecule has 37 heavy (non-hydrogen) atoms. The molecular formula is C26H35N6O3S2-. The van der Waals surface area contributed by atoms with E-state index in [2.05, 4.69) is 20.1 Å². The summed E-state index contributed by atoms with van der Waals surface area (Å²) in [4.78, 5) is 23.5. The summed E-state index contributed by atoms with van der Waals surface area (Å²) < 4.78 is 23.6. The Morgan fingerprint density at radius 1 is 0.919 bits per heavy atom. The minimum Gasteiger partial charge on any atom is -0.559 e. The van der Waals surface area contributed by atoms with E-state index in [1.54, 1.807) is 6.92 Å². The Morgan fingerprint density at radius 3 is 2.08 bits per heavy atom. The lowest BCUT2D eigenvalue weighted by atomic mass is 10.1. The van der Waals surface area contributed by atoms with Crippen LogP contribution in [0.5, 0.6) is 0 Å². The van der Waals surface area contributed by atoms with Gasteiger partial charge in [0.25, 0.3) is 0 Å². The molecule has 0 fully saturated rings. The van der Waals surface area contributed by atoms with E-state index >= 15 is 0 Å². The molecule has 9 nitrogen and oxygen atoms in total. The molecule has 1 aromatic heterocycles. The van der Waals surface area contributed by atoms with Crippen LogP contribution in [0.3, 0.4) is 0 Å². The summed E-state index contributed by atoms with van der Waals surface area (Å²) in [6.07, 6.45) is 1.73. The number of benzene rings is 2. The maximum Gasteiger partial charge on any atom is 0.328 e. The molecule has 0 unspecified atom stereocenters. The van der Waals surface area contributed by atoms with Gasteiger partial charge in [0.2, 0.25) is 0 Å². The van der Waals surface area contributed by atoms with E-state index in [0.29, 0.717) is 18.7 Å². The molecule has 2 N–H and O–H groups in total. The lowest BCUT2D eigenvalue weighted by Gasteiger charge is -2.23. The summed E-state index contributed by atoms with van der Waals surface area (Å²) in [5.41, 5.74) is 2.96. The molecule has 0 bridgehead atoms. The van der Waals surface area contributed by atoms with E-state index in [9.17, 15) is 13.2 Å². The quantitative estimate of drug-likeness (QED) is 0.337. The fraction of sp³-hybridized carbons (Fsp3) is 0.385. The Kier molecular flexibility index (Phi) is 10.2. The van der Waals surface area contributed by atoms with Crippen LogP contribution in [0.25, 0.3) is 16.3 Å². The normalized spacial score (nSPS) is 11.8. The molecule has 3 aromatic rings. The Morgan fingerprint density at radius 2 is 1.51 bits per heavy atom. The van der Waals surface area contributed by atoms with E-state index in [-0.39, 0.29) is 15.0 Å². The zero-order valence-corrected chi connectivity index (χ0v) is 23.4. The summed E-state index contributed by atoms with van der Waals surface area (Å²) in [5, 5.41) is 10.6. The minimum absolute atomic E-state index is 0.145. The van der Waals surface area contributed by atoms with Crippen LogP contribution in [0.1, 0.15) is 18.5 Å². The second-order valence-corrected chi connectivity index (χ2v) is 11.9. The van der Waals surface area contributed by atoms with E-state index < -0.39 is 16.1 Å². The van der Waals surface area contributed by atoms with E-state index in [1.165, 1.54) is 4.90 Å². The lowest BCUT2D eigenvalue weighted by molar-refractivity contribution is 0.255. The predicted octanol–water partition coefficient (Wildman–Crippen LogP) is 5.17. The third kappa shape index (κ3) is 8.61. The van der Waals surface area contributed by atoms with Crippen molar-refractivity contribution in [2.45, 2.75) is 24.0 Å². The van der Waals surface area contributed by atoms with Crippen LogP contribution in [0.15, 0.2) is 58.8 Å². The third-order valence-corrected chi connectivity index (χ3v) is 8.44. The van der Waals surface area contributed by atoms with Gasteiger partial charge < -0.3 is 20.3 Å². The molecule has 0 atom stereocenters. The molecule has 0 spiro atoms. The summed E-state index contributed by atoms with van der Waals surface area (Å²) in [5.74, 6) is 0. The monoisotopic (exact) mass is 543 g/mol. The van der Waals surface area contributed by atoms with Crippen molar-refractivity contribution >= 4 is 38.2 Å². The second kappa shape index (κ2) is 13.1. The van der Waals surface area contributed by atoms with Gasteiger partial charge in [-0.3, -0.25) is 4.90 Å². The fourth-order valence-corrected chi connectivity index (χ4v) is 5.78. The molecule has 3 rings (SSSR count).